The van der Waals surface area contributed by atoms with Crippen molar-refractivity contribution in [3.63, 3.8) is 0 Å². The quantitative estimate of drug-likeness (QED) is 0.539. The van der Waals surface area contributed by atoms with Gasteiger partial charge in [-0.15, -0.1) is 5.10 Å². The summed E-state index contributed by atoms with van der Waals surface area (Å²) in [5.41, 5.74) is 4.22. The highest BCUT2D eigenvalue weighted by Gasteiger charge is 2.10. The van der Waals surface area contributed by atoms with Crippen LogP contribution in [0.15, 0.2) is 55.1 Å². The molecule has 0 spiro atoms. The second kappa shape index (κ2) is 4.74. The van der Waals surface area contributed by atoms with Crippen molar-refractivity contribution in [2.45, 2.75) is 6.92 Å². The molecule has 0 unspecified atom stereocenters. The van der Waals surface area contributed by atoms with Crippen molar-refractivity contribution in [1.29, 1.82) is 0 Å². The molecule has 3 aromatic rings. The fourth-order valence-electron chi connectivity index (χ4n) is 2.16. The summed E-state index contributed by atoms with van der Waals surface area (Å²) in [5.74, 6) is -0.101. The number of hydrogen-bond donors (Lipinski definition) is 0. The topological polar surface area (TPSA) is 47.8 Å². The van der Waals surface area contributed by atoms with Crippen LogP contribution in [0.1, 0.15) is 15.9 Å². The number of aryl methyl sites for hydroxylation is 1. The lowest BCUT2D eigenvalue weighted by atomic mass is 10.1. The molecule has 20 heavy (non-hydrogen) atoms. The van der Waals surface area contributed by atoms with Crippen LogP contribution < -0.4 is 0 Å². The summed E-state index contributed by atoms with van der Waals surface area (Å²) in [5, 5.41) is 8.32. The zero-order chi connectivity index (χ0) is 14.1. The maximum atomic E-state index is 11.7. The molecule has 0 radical (unpaired) electrons. The first-order valence-corrected chi connectivity index (χ1v) is 6.29. The summed E-state index contributed by atoms with van der Waals surface area (Å²) in [6.07, 6.45) is 1.31. The van der Waals surface area contributed by atoms with Crippen LogP contribution in [0.25, 0.3) is 16.7 Å². The molecule has 0 fully saturated rings. The SMILES string of the molecule is C=CC(=O)c1ccc(C)c(-n2nnc3ccccc32)c1. The molecule has 0 aliphatic heterocycles. The first-order valence-electron chi connectivity index (χ1n) is 6.29. The molecule has 0 saturated carbocycles. The fourth-order valence-corrected chi connectivity index (χ4v) is 2.16. The van der Waals surface area contributed by atoms with Gasteiger partial charge in [0.2, 0.25) is 0 Å². The van der Waals surface area contributed by atoms with E-state index in [-0.39, 0.29) is 5.78 Å². The standard InChI is InChI=1S/C16H13N3O/c1-3-16(20)12-9-8-11(2)15(10-12)19-14-7-5-4-6-13(14)17-18-19/h3-10H,1H2,2H3. The average Bonchev–Trinajstić information content (AvgIpc) is 2.91. The van der Waals surface area contributed by atoms with Gasteiger partial charge in [0.25, 0.3) is 0 Å². The number of rotatable bonds is 3. The van der Waals surface area contributed by atoms with Crippen LogP contribution in [0.5, 0.6) is 0 Å². The Kier molecular flexibility index (Phi) is 2.91. The summed E-state index contributed by atoms with van der Waals surface area (Å²) < 4.78 is 1.75. The van der Waals surface area contributed by atoms with Crippen molar-refractivity contribution in [2.75, 3.05) is 0 Å². The third kappa shape index (κ3) is 1.91. The lowest BCUT2D eigenvalue weighted by Crippen LogP contribution is -2.02. The number of carbonyl (C=O) groups is 1. The van der Waals surface area contributed by atoms with Gasteiger partial charge < -0.3 is 0 Å². The van der Waals surface area contributed by atoms with Crippen LogP contribution in [-0.4, -0.2) is 20.8 Å². The minimum Gasteiger partial charge on any atom is -0.289 e. The van der Waals surface area contributed by atoms with Gasteiger partial charge in [-0.2, -0.15) is 0 Å². The third-order valence-corrected chi connectivity index (χ3v) is 3.26. The van der Waals surface area contributed by atoms with E-state index in [0.717, 1.165) is 22.3 Å². The van der Waals surface area contributed by atoms with Crippen LogP contribution in [0.3, 0.4) is 0 Å². The van der Waals surface area contributed by atoms with Gasteiger partial charge in [-0.05, 0) is 36.8 Å². The minimum atomic E-state index is -0.101. The molecule has 0 aliphatic rings. The van der Waals surface area contributed by atoms with Gasteiger partial charge >= 0.3 is 0 Å². The molecule has 1 aromatic heterocycles. The smallest absolute Gasteiger partial charge is 0.185 e. The van der Waals surface area contributed by atoms with E-state index in [9.17, 15) is 4.79 Å². The van der Waals surface area contributed by atoms with Gasteiger partial charge in [-0.1, -0.05) is 36.1 Å². The molecule has 98 valence electrons. The van der Waals surface area contributed by atoms with Crippen LogP contribution in [0.2, 0.25) is 0 Å². The van der Waals surface area contributed by atoms with Crippen LogP contribution in [0, 0.1) is 6.92 Å². The second-order valence-electron chi connectivity index (χ2n) is 4.56. The first-order chi connectivity index (χ1) is 9.70. The molecule has 0 atom stereocenters. The van der Waals surface area contributed by atoms with Crippen molar-refractivity contribution in [3.8, 4) is 5.69 Å². The predicted octanol–water partition coefficient (Wildman–Crippen LogP) is 3.10. The number of benzene rings is 2. The molecule has 3 rings (SSSR count). The molecular formula is C16H13N3O. The number of fused-ring (bicyclic) bond motifs is 1. The molecule has 0 amide bonds. The van der Waals surface area contributed by atoms with E-state index in [1.165, 1.54) is 6.08 Å². The zero-order valence-electron chi connectivity index (χ0n) is 11.1. The average molecular weight is 263 g/mol. The Bertz CT molecular complexity index is 817. The lowest BCUT2D eigenvalue weighted by molar-refractivity contribution is 0.104. The van der Waals surface area contributed by atoms with Crippen LogP contribution in [0.4, 0.5) is 0 Å². The number of nitrogens with zero attached hydrogens (tertiary/aromatic N) is 3. The molecule has 0 saturated heterocycles. The number of aromatic nitrogens is 3. The third-order valence-electron chi connectivity index (χ3n) is 3.26. The van der Waals surface area contributed by atoms with Crippen molar-refractivity contribution in [1.82, 2.24) is 15.0 Å². The van der Waals surface area contributed by atoms with Crippen LogP contribution in [-0.2, 0) is 0 Å². The van der Waals surface area contributed by atoms with E-state index in [1.54, 1.807) is 10.7 Å². The molecule has 2 aromatic carbocycles. The Hall–Kier alpha value is -2.75. The molecule has 1 heterocycles. The highest BCUT2D eigenvalue weighted by Crippen LogP contribution is 2.20. The maximum Gasteiger partial charge on any atom is 0.185 e. The van der Waals surface area contributed by atoms with E-state index < -0.39 is 0 Å². The predicted molar refractivity (Wildman–Crippen MR) is 78.1 cm³/mol. The largest absolute Gasteiger partial charge is 0.289 e. The highest BCUT2D eigenvalue weighted by atomic mass is 16.1. The van der Waals surface area contributed by atoms with E-state index >= 15 is 0 Å². The number of carbonyl (C=O) groups excluding carboxylic acids is 1. The Morgan fingerprint density at radius 1 is 1.25 bits per heavy atom. The zero-order valence-corrected chi connectivity index (χ0v) is 11.1. The first kappa shape index (κ1) is 12.3. The van der Waals surface area contributed by atoms with Crippen molar-refractivity contribution >= 4 is 16.8 Å². The Balaban J connectivity index is 2.23. The molecule has 4 nitrogen and oxygen atoms in total. The summed E-state index contributed by atoms with van der Waals surface area (Å²) in [7, 11) is 0. The van der Waals surface area contributed by atoms with E-state index in [4.69, 9.17) is 0 Å². The van der Waals surface area contributed by atoms with Gasteiger partial charge in [-0.25, -0.2) is 4.68 Å². The molecule has 0 N–H and O–H groups in total. The Morgan fingerprint density at radius 3 is 2.85 bits per heavy atom. The van der Waals surface area contributed by atoms with Gasteiger partial charge in [0.15, 0.2) is 5.78 Å². The highest BCUT2D eigenvalue weighted by molar-refractivity contribution is 6.04. The molecule has 4 heteroatoms. The maximum absolute atomic E-state index is 11.7. The summed E-state index contributed by atoms with van der Waals surface area (Å²) >= 11 is 0. The number of allylic oxidation sites excluding steroid dienone is 1. The number of para-hydroxylation sites is 1. The van der Waals surface area contributed by atoms with Crippen molar-refractivity contribution in [2.24, 2.45) is 0 Å². The van der Waals surface area contributed by atoms with Gasteiger partial charge in [0, 0.05) is 5.56 Å². The van der Waals surface area contributed by atoms with Crippen molar-refractivity contribution in [3.05, 3.63) is 66.2 Å². The van der Waals surface area contributed by atoms with E-state index in [2.05, 4.69) is 16.9 Å². The van der Waals surface area contributed by atoms with E-state index in [1.807, 2.05) is 43.3 Å². The number of ketones is 1. The summed E-state index contributed by atoms with van der Waals surface area (Å²) in [4.78, 5) is 11.7. The molecule has 0 aliphatic carbocycles. The normalized spacial score (nSPS) is 10.7. The Labute approximate surface area is 116 Å². The van der Waals surface area contributed by atoms with Crippen LogP contribution >= 0.6 is 0 Å². The second-order valence-corrected chi connectivity index (χ2v) is 4.56. The summed E-state index contributed by atoms with van der Waals surface area (Å²) in [6.45, 7) is 5.50. The minimum absolute atomic E-state index is 0.101. The molecule has 0 bridgehead atoms. The lowest BCUT2D eigenvalue weighted by Gasteiger charge is -2.08. The molecular weight excluding hydrogens is 250 g/mol. The van der Waals surface area contributed by atoms with E-state index in [0.29, 0.717) is 5.56 Å². The fraction of sp³-hybridized carbons (Fsp3) is 0.0625. The Morgan fingerprint density at radius 2 is 2.05 bits per heavy atom. The number of hydrogen-bond acceptors (Lipinski definition) is 3. The van der Waals surface area contributed by atoms with Gasteiger partial charge in [0.1, 0.15) is 5.52 Å². The monoisotopic (exact) mass is 263 g/mol. The summed E-state index contributed by atoms with van der Waals surface area (Å²) in [6, 6.07) is 13.2. The van der Waals surface area contributed by atoms with Gasteiger partial charge in [-0.3, -0.25) is 4.79 Å². The van der Waals surface area contributed by atoms with Gasteiger partial charge in [0.05, 0.1) is 11.2 Å². The van der Waals surface area contributed by atoms with Crippen molar-refractivity contribution < 1.29 is 4.79 Å².